The zero-order chi connectivity index (χ0) is 12.3. The van der Waals surface area contributed by atoms with Gasteiger partial charge in [0.05, 0.1) is 6.10 Å². The maximum atomic E-state index is 11.3. The third-order valence-corrected chi connectivity index (χ3v) is 3.63. The first-order chi connectivity index (χ1) is 8.22. The molecule has 1 amide bonds. The van der Waals surface area contributed by atoms with Crippen molar-refractivity contribution in [3.63, 3.8) is 0 Å². The van der Waals surface area contributed by atoms with E-state index in [1.165, 1.54) is 0 Å². The van der Waals surface area contributed by atoms with E-state index in [-0.39, 0.29) is 24.7 Å². The molecule has 0 bridgehead atoms. The van der Waals surface area contributed by atoms with Crippen molar-refractivity contribution in [2.24, 2.45) is 11.8 Å². The molecule has 0 aromatic carbocycles. The first-order valence-corrected chi connectivity index (χ1v) is 6.22. The van der Waals surface area contributed by atoms with E-state index in [0.29, 0.717) is 5.92 Å². The fourth-order valence-electron chi connectivity index (χ4n) is 2.64. The molecule has 4 N–H and O–H groups in total. The Bertz CT molecular complexity index is 275. The number of nitrogens with two attached hydrogens (primary N) is 1. The number of aliphatic hydroxyl groups is 1. The highest BCUT2D eigenvalue weighted by molar-refractivity contribution is 5.80. The van der Waals surface area contributed by atoms with E-state index in [0.717, 1.165) is 38.9 Å². The number of amides is 1. The SMILES string of the molecule is NNC(=O)C1CCC(CN2CCC(CO)C2)O1. The average molecular weight is 243 g/mol. The van der Waals surface area contributed by atoms with Crippen molar-refractivity contribution in [2.75, 3.05) is 26.2 Å². The predicted octanol–water partition coefficient (Wildman–Crippen LogP) is -1.16. The zero-order valence-corrected chi connectivity index (χ0v) is 9.97. The Morgan fingerprint density at radius 1 is 1.47 bits per heavy atom. The molecule has 2 aliphatic heterocycles. The van der Waals surface area contributed by atoms with Crippen molar-refractivity contribution >= 4 is 5.91 Å². The first-order valence-electron chi connectivity index (χ1n) is 6.22. The van der Waals surface area contributed by atoms with Crippen molar-refractivity contribution in [2.45, 2.75) is 31.5 Å². The van der Waals surface area contributed by atoms with Gasteiger partial charge in [0, 0.05) is 19.7 Å². The van der Waals surface area contributed by atoms with E-state index >= 15 is 0 Å². The molecule has 2 saturated heterocycles. The Hall–Kier alpha value is -0.690. The Balaban J connectivity index is 1.73. The molecule has 0 spiro atoms. The van der Waals surface area contributed by atoms with Crippen LogP contribution < -0.4 is 11.3 Å². The number of ether oxygens (including phenoxy) is 1. The van der Waals surface area contributed by atoms with Gasteiger partial charge in [-0.3, -0.25) is 10.2 Å². The van der Waals surface area contributed by atoms with E-state index in [1.54, 1.807) is 0 Å². The summed E-state index contributed by atoms with van der Waals surface area (Å²) in [5, 5.41) is 9.07. The van der Waals surface area contributed by atoms with Crippen LogP contribution in [0.2, 0.25) is 0 Å². The zero-order valence-electron chi connectivity index (χ0n) is 9.97. The van der Waals surface area contributed by atoms with Crippen molar-refractivity contribution in [3.8, 4) is 0 Å². The predicted molar refractivity (Wildman–Crippen MR) is 61.9 cm³/mol. The summed E-state index contributed by atoms with van der Waals surface area (Å²) in [5.41, 5.74) is 2.13. The molecule has 6 nitrogen and oxygen atoms in total. The third-order valence-electron chi connectivity index (χ3n) is 3.63. The summed E-state index contributed by atoms with van der Waals surface area (Å²) in [5.74, 6) is 5.25. The highest BCUT2D eigenvalue weighted by atomic mass is 16.5. The van der Waals surface area contributed by atoms with Gasteiger partial charge < -0.3 is 14.7 Å². The molecule has 2 fully saturated rings. The van der Waals surface area contributed by atoms with Crippen LogP contribution in [0.5, 0.6) is 0 Å². The minimum atomic E-state index is -0.388. The Morgan fingerprint density at radius 2 is 2.29 bits per heavy atom. The van der Waals surface area contributed by atoms with E-state index in [1.807, 2.05) is 0 Å². The number of hydrogen-bond donors (Lipinski definition) is 3. The quantitative estimate of drug-likeness (QED) is 0.329. The molecular formula is C11H21N3O3. The summed E-state index contributed by atoms with van der Waals surface area (Å²) in [4.78, 5) is 13.6. The van der Waals surface area contributed by atoms with Gasteiger partial charge in [-0.05, 0) is 31.7 Å². The van der Waals surface area contributed by atoms with E-state index in [9.17, 15) is 4.79 Å². The molecule has 6 heteroatoms. The van der Waals surface area contributed by atoms with Crippen LogP contribution in [-0.2, 0) is 9.53 Å². The molecular weight excluding hydrogens is 222 g/mol. The summed E-state index contributed by atoms with van der Waals surface area (Å²) in [6, 6.07) is 0. The highest BCUT2D eigenvalue weighted by Gasteiger charge is 2.32. The van der Waals surface area contributed by atoms with Crippen LogP contribution in [0, 0.1) is 5.92 Å². The number of aliphatic hydroxyl groups excluding tert-OH is 1. The molecule has 0 aliphatic carbocycles. The first kappa shape index (κ1) is 12.8. The van der Waals surface area contributed by atoms with Crippen LogP contribution >= 0.6 is 0 Å². The number of nitrogens with zero attached hydrogens (tertiary/aromatic N) is 1. The maximum absolute atomic E-state index is 11.3. The third kappa shape index (κ3) is 3.16. The van der Waals surface area contributed by atoms with Crippen molar-refractivity contribution in [1.29, 1.82) is 0 Å². The molecule has 0 radical (unpaired) electrons. The van der Waals surface area contributed by atoms with Gasteiger partial charge in [-0.1, -0.05) is 0 Å². The van der Waals surface area contributed by atoms with Gasteiger partial charge in [-0.15, -0.1) is 0 Å². The van der Waals surface area contributed by atoms with Gasteiger partial charge in [0.1, 0.15) is 6.10 Å². The Labute approximate surface area is 101 Å². The summed E-state index contributed by atoms with van der Waals surface area (Å²) in [7, 11) is 0. The van der Waals surface area contributed by atoms with E-state index in [2.05, 4.69) is 10.3 Å². The minimum absolute atomic E-state index is 0.120. The molecule has 3 unspecified atom stereocenters. The van der Waals surface area contributed by atoms with E-state index in [4.69, 9.17) is 15.7 Å². The summed E-state index contributed by atoms with van der Waals surface area (Å²) in [6.07, 6.45) is 2.43. The number of hydrazine groups is 1. The number of carbonyl (C=O) groups is 1. The average Bonchev–Trinajstić information content (AvgIpc) is 2.97. The van der Waals surface area contributed by atoms with Crippen LogP contribution in [0.1, 0.15) is 19.3 Å². The number of hydrogen-bond acceptors (Lipinski definition) is 5. The molecule has 2 heterocycles. The van der Waals surface area contributed by atoms with Crippen LogP contribution in [0.3, 0.4) is 0 Å². The molecule has 0 aromatic rings. The second-order valence-electron chi connectivity index (χ2n) is 4.93. The van der Waals surface area contributed by atoms with Gasteiger partial charge in [-0.2, -0.15) is 0 Å². The number of nitrogens with one attached hydrogen (secondary N) is 1. The van der Waals surface area contributed by atoms with Gasteiger partial charge in [0.2, 0.25) is 0 Å². The fourth-order valence-corrected chi connectivity index (χ4v) is 2.64. The smallest absolute Gasteiger partial charge is 0.263 e. The molecule has 0 aromatic heterocycles. The number of rotatable bonds is 4. The van der Waals surface area contributed by atoms with Gasteiger partial charge in [-0.25, -0.2) is 5.84 Å². The molecule has 17 heavy (non-hydrogen) atoms. The maximum Gasteiger partial charge on any atom is 0.263 e. The second-order valence-corrected chi connectivity index (χ2v) is 4.93. The second kappa shape index (κ2) is 5.77. The Morgan fingerprint density at radius 3 is 2.94 bits per heavy atom. The van der Waals surface area contributed by atoms with Gasteiger partial charge in [0.25, 0.3) is 5.91 Å². The Kier molecular flexibility index (Phi) is 4.33. The monoisotopic (exact) mass is 243 g/mol. The van der Waals surface area contributed by atoms with Gasteiger partial charge >= 0.3 is 0 Å². The van der Waals surface area contributed by atoms with Crippen LogP contribution in [0.4, 0.5) is 0 Å². The molecule has 0 saturated carbocycles. The summed E-state index contributed by atoms with van der Waals surface area (Å²) >= 11 is 0. The molecule has 98 valence electrons. The lowest BCUT2D eigenvalue weighted by Crippen LogP contribution is -2.40. The van der Waals surface area contributed by atoms with Gasteiger partial charge in [0.15, 0.2) is 0 Å². The molecule has 2 aliphatic rings. The lowest BCUT2D eigenvalue weighted by atomic mass is 10.1. The lowest BCUT2D eigenvalue weighted by molar-refractivity contribution is -0.132. The van der Waals surface area contributed by atoms with E-state index < -0.39 is 0 Å². The molecule has 2 rings (SSSR count). The minimum Gasteiger partial charge on any atom is -0.396 e. The van der Waals surface area contributed by atoms with Crippen molar-refractivity contribution < 1.29 is 14.6 Å². The van der Waals surface area contributed by atoms with Crippen LogP contribution in [0.25, 0.3) is 0 Å². The summed E-state index contributed by atoms with van der Waals surface area (Å²) < 4.78 is 5.65. The molecule has 3 atom stereocenters. The van der Waals surface area contributed by atoms with Crippen molar-refractivity contribution in [3.05, 3.63) is 0 Å². The summed E-state index contributed by atoms with van der Waals surface area (Å²) in [6.45, 7) is 3.06. The largest absolute Gasteiger partial charge is 0.396 e. The fraction of sp³-hybridized carbons (Fsp3) is 0.909. The normalized spacial score (nSPS) is 34.1. The van der Waals surface area contributed by atoms with Crippen LogP contribution in [-0.4, -0.2) is 54.4 Å². The van der Waals surface area contributed by atoms with Crippen molar-refractivity contribution in [1.82, 2.24) is 10.3 Å². The number of carbonyl (C=O) groups excluding carboxylic acids is 1. The van der Waals surface area contributed by atoms with Crippen LogP contribution in [0.15, 0.2) is 0 Å². The number of likely N-dealkylation sites (tertiary alicyclic amines) is 1. The lowest BCUT2D eigenvalue weighted by Gasteiger charge is -2.20. The topological polar surface area (TPSA) is 87.8 Å². The highest BCUT2D eigenvalue weighted by Crippen LogP contribution is 2.23. The standard InChI is InChI=1S/C11H21N3O3/c12-13-11(16)10-2-1-9(17-10)6-14-4-3-8(5-14)7-15/h8-10,15H,1-7,12H2,(H,13,16).